The third kappa shape index (κ3) is 4.24. The van der Waals surface area contributed by atoms with Gasteiger partial charge < -0.3 is 14.8 Å². The van der Waals surface area contributed by atoms with Gasteiger partial charge in [-0.1, -0.05) is 0 Å². The van der Waals surface area contributed by atoms with Crippen molar-refractivity contribution in [1.29, 1.82) is 0 Å². The minimum Gasteiger partial charge on any atom is -0.497 e. The molecule has 6 nitrogen and oxygen atoms in total. The van der Waals surface area contributed by atoms with Crippen LogP contribution in [-0.2, 0) is 0 Å². The summed E-state index contributed by atoms with van der Waals surface area (Å²) in [6.45, 7) is 4.14. The number of carbonyl (C=O) groups excluding carboxylic acids is 1. The molecule has 0 aliphatic rings. The Morgan fingerprint density at radius 1 is 1.33 bits per heavy atom. The second-order valence-corrected chi connectivity index (χ2v) is 4.75. The van der Waals surface area contributed by atoms with Gasteiger partial charge in [0.05, 0.1) is 13.7 Å². The number of amides is 1. The van der Waals surface area contributed by atoms with Crippen LogP contribution in [0.15, 0.2) is 30.3 Å². The number of nitrogens with zero attached hydrogens (tertiary/aromatic N) is 1. The SMILES string of the molecule is COc1ccc(O[C@@H](C)CNC(=O)c2cc(C)[nH]n2)cc1. The molecule has 2 N–H and O–H groups in total. The van der Waals surface area contributed by atoms with Gasteiger partial charge >= 0.3 is 0 Å². The minimum atomic E-state index is -0.218. The predicted molar refractivity (Wildman–Crippen MR) is 78.7 cm³/mol. The van der Waals surface area contributed by atoms with E-state index in [1.807, 2.05) is 38.1 Å². The van der Waals surface area contributed by atoms with E-state index in [0.717, 1.165) is 17.2 Å². The number of nitrogens with one attached hydrogen (secondary N) is 2. The molecular weight excluding hydrogens is 270 g/mol. The number of benzene rings is 1. The summed E-state index contributed by atoms with van der Waals surface area (Å²) in [5.74, 6) is 1.29. The molecule has 1 aromatic carbocycles. The summed E-state index contributed by atoms with van der Waals surface area (Å²) in [6, 6.07) is 9.01. The summed E-state index contributed by atoms with van der Waals surface area (Å²) < 4.78 is 10.8. The highest BCUT2D eigenvalue weighted by Gasteiger charge is 2.11. The van der Waals surface area contributed by atoms with Gasteiger partial charge in [0, 0.05) is 5.69 Å². The Bertz CT molecular complexity index is 592. The van der Waals surface area contributed by atoms with Gasteiger partial charge in [-0.25, -0.2) is 0 Å². The van der Waals surface area contributed by atoms with Gasteiger partial charge in [-0.15, -0.1) is 0 Å². The van der Waals surface area contributed by atoms with E-state index in [-0.39, 0.29) is 12.0 Å². The molecule has 0 saturated carbocycles. The van der Waals surface area contributed by atoms with Gasteiger partial charge in [0.1, 0.15) is 23.3 Å². The van der Waals surface area contributed by atoms with E-state index in [1.165, 1.54) is 0 Å². The van der Waals surface area contributed by atoms with Crippen molar-refractivity contribution < 1.29 is 14.3 Å². The van der Waals surface area contributed by atoms with Crippen molar-refractivity contribution in [3.63, 3.8) is 0 Å². The first-order valence-corrected chi connectivity index (χ1v) is 6.69. The Kier molecular flexibility index (Phi) is 4.81. The highest BCUT2D eigenvalue weighted by molar-refractivity contribution is 5.92. The number of carbonyl (C=O) groups is 1. The molecule has 2 aromatic rings. The lowest BCUT2D eigenvalue weighted by Gasteiger charge is -2.15. The van der Waals surface area contributed by atoms with Crippen LogP contribution < -0.4 is 14.8 Å². The number of H-pyrrole nitrogens is 1. The average molecular weight is 289 g/mol. The molecule has 0 fully saturated rings. The maximum Gasteiger partial charge on any atom is 0.271 e. The number of hydrogen-bond acceptors (Lipinski definition) is 4. The highest BCUT2D eigenvalue weighted by Crippen LogP contribution is 2.17. The first kappa shape index (κ1) is 14.9. The summed E-state index contributed by atoms with van der Waals surface area (Å²) in [7, 11) is 1.62. The molecule has 1 atom stereocenters. The molecular formula is C15H19N3O3. The fourth-order valence-corrected chi connectivity index (χ4v) is 1.79. The van der Waals surface area contributed by atoms with Crippen molar-refractivity contribution in [2.75, 3.05) is 13.7 Å². The summed E-state index contributed by atoms with van der Waals surface area (Å²) >= 11 is 0. The molecule has 1 heterocycles. The molecule has 2 rings (SSSR count). The van der Waals surface area contributed by atoms with E-state index in [9.17, 15) is 4.79 Å². The zero-order valence-corrected chi connectivity index (χ0v) is 12.3. The van der Waals surface area contributed by atoms with Crippen LogP contribution in [0.5, 0.6) is 11.5 Å². The smallest absolute Gasteiger partial charge is 0.271 e. The van der Waals surface area contributed by atoms with Crippen LogP contribution >= 0.6 is 0 Å². The van der Waals surface area contributed by atoms with Gasteiger partial charge in [-0.05, 0) is 44.2 Å². The maximum absolute atomic E-state index is 11.8. The van der Waals surface area contributed by atoms with E-state index in [4.69, 9.17) is 9.47 Å². The third-order valence-corrected chi connectivity index (χ3v) is 2.89. The number of aromatic nitrogens is 2. The molecule has 112 valence electrons. The Hall–Kier alpha value is -2.50. The van der Waals surface area contributed by atoms with E-state index in [0.29, 0.717) is 12.2 Å². The van der Waals surface area contributed by atoms with Crippen LogP contribution in [0, 0.1) is 6.92 Å². The van der Waals surface area contributed by atoms with Crippen LogP contribution in [0.4, 0.5) is 0 Å². The fourth-order valence-electron chi connectivity index (χ4n) is 1.79. The van der Waals surface area contributed by atoms with E-state index in [1.54, 1.807) is 13.2 Å². The normalized spacial score (nSPS) is 11.8. The number of rotatable bonds is 6. The number of ether oxygens (including phenoxy) is 2. The molecule has 0 unspecified atom stereocenters. The van der Waals surface area contributed by atoms with Crippen molar-refractivity contribution >= 4 is 5.91 Å². The van der Waals surface area contributed by atoms with Gasteiger partial charge in [0.2, 0.25) is 0 Å². The van der Waals surface area contributed by atoms with Crippen LogP contribution in [0.25, 0.3) is 0 Å². The second kappa shape index (κ2) is 6.78. The molecule has 0 aliphatic carbocycles. The summed E-state index contributed by atoms with van der Waals surface area (Å²) in [4.78, 5) is 11.8. The Labute approximate surface area is 123 Å². The first-order chi connectivity index (χ1) is 10.1. The number of aromatic amines is 1. The van der Waals surface area contributed by atoms with Crippen molar-refractivity contribution in [2.24, 2.45) is 0 Å². The molecule has 0 radical (unpaired) electrons. The fraction of sp³-hybridized carbons (Fsp3) is 0.333. The summed E-state index contributed by atoms with van der Waals surface area (Å²) in [6.07, 6.45) is -0.151. The summed E-state index contributed by atoms with van der Waals surface area (Å²) in [5.41, 5.74) is 1.23. The zero-order valence-electron chi connectivity index (χ0n) is 12.3. The van der Waals surface area contributed by atoms with Crippen LogP contribution in [-0.4, -0.2) is 35.9 Å². The molecule has 0 bridgehead atoms. The molecule has 0 saturated heterocycles. The third-order valence-electron chi connectivity index (χ3n) is 2.89. The highest BCUT2D eigenvalue weighted by atomic mass is 16.5. The molecule has 6 heteroatoms. The lowest BCUT2D eigenvalue weighted by molar-refractivity contribution is 0.0927. The van der Waals surface area contributed by atoms with E-state index < -0.39 is 0 Å². The molecule has 1 aromatic heterocycles. The van der Waals surface area contributed by atoms with Crippen LogP contribution in [0.2, 0.25) is 0 Å². The summed E-state index contributed by atoms with van der Waals surface area (Å²) in [5, 5.41) is 9.42. The lowest BCUT2D eigenvalue weighted by Crippen LogP contribution is -2.33. The number of hydrogen-bond donors (Lipinski definition) is 2. The Balaban J connectivity index is 1.81. The molecule has 0 aliphatic heterocycles. The van der Waals surface area contributed by atoms with Gasteiger partial charge in [-0.2, -0.15) is 5.10 Å². The van der Waals surface area contributed by atoms with Crippen molar-refractivity contribution in [2.45, 2.75) is 20.0 Å². The van der Waals surface area contributed by atoms with Gasteiger partial charge in [-0.3, -0.25) is 9.89 Å². The van der Waals surface area contributed by atoms with Crippen molar-refractivity contribution in [3.8, 4) is 11.5 Å². The molecule has 21 heavy (non-hydrogen) atoms. The standard InChI is InChI=1S/C15H19N3O3/c1-10-8-14(18-17-10)15(19)16-9-11(2)21-13-6-4-12(20-3)5-7-13/h4-8,11H,9H2,1-3H3,(H,16,19)(H,17,18)/t11-/m0/s1. The van der Waals surface area contributed by atoms with E-state index in [2.05, 4.69) is 15.5 Å². The van der Waals surface area contributed by atoms with Crippen LogP contribution in [0.3, 0.4) is 0 Å². The lowest BCUT2D eigenvalue weighted by atomic mass is 10.3. The van der Waals surface area contributed by atoms with Crippen LogP contribution in [0.1, 0.15) is 23.1 Å². The zero-order chi connectivity index (χ0) is 15.2. The molecule has 1 amide bonds. The molecule has 0 spiro atoms. The number of methoxy groups -OCH3 is 1. The predicted octanol–water partition coefficient (Wildman–Crippen LogP) is 1.92. The first-order valence-electron chi connectivity index (χ1n) is 6.69. The Morgan fingerprint density at radius 2 is 2.00 bits per heavy atom. The number of aryl methyl sites for hydroxylation is 1. The van der Waals surface area contributed by atoms with Crippen molar-refractivity contribution in [3.05, 3.63) is 41.7 Å². The second-order valence-electron chi connectivity index (χ2n) is 4.75. The maximum atomic E-state index is 11.8. The average Bonchev–Trinajstić information content (AvgIpc) is 2.92. The largest absolute Gasteiger partial charge is 0.497 e. The quantitative estimate of drug-likeness (QED) is 0.852. The van der Waals surface area contributed by atoms with E-state index >= 15 is 0 Å². The van der Waals surface area contributed by atoms with Crippen molar-refractivity contribution in [1.82, 2.24) is 15.5 Å². The van der Waals surface area contributed by atoms with Gasteiger partial charge in [0.15, 0.2) is 0 Å². The minimum absolute atomic E-state index is 0.151. The Morgan fingerprint density at radius 3 is 2.57 bits per heavy atom. The monoisotopic (exact) mass is 289 g/mol. The van der Waals surface area contributed by atoms with Gasteiger partial charge in [0.25, 0.3) is 5.91 Å². The topological polar surface area (TPSA) is 76.2 Å².